The van der Waals surface area contributed by atoms with Crippen LogP contribution in [0.15, 0.2) is 29.4 Å². The lowest BCUT2D eigenvalue weighted by Gasteiger charge is -2.00. The zero-order chi connectivity index (χ0) is 9.97. The van der Waals surface area contributed by atoms with Crippen molar-refractivity contribution in [1.82, 2.24) is 19.7 Å². The summed E-state index contributed by atoms with van der Waals surface area (Å²) in [7, 11) is 1.86. The molecule has 0 bridgehead atoms. The average molecular weight is 254 g/mol. The fraction of sp³-hybridized carbons (Fsp3) is 0.125. The van der Waals surface area contributed by atoms with Crippen LogP contribution in [0.2, 0.25) is 0 Å². The third kappa shape index (κ3) is 2.08. The van der Waals surface area contributed by atoms with Gasteiger partial charge in [-0.2, -0.15) is 5.10 Å². The third-order valence-electron chi connectivity index (χ3n) is 1.61. The van der Waals surface area contributed by atoms with Crippen LogP contribution in [0.5, 0.6) is 0 Å². The molecule has 0 aliphatic rings. The van der Waals surface area contributed by atoms with E-state index in [1.54, 1.807) is 16.9 Å². The number of aryl methyl sites for hydroxylation is 1. The number of hydrogen-bond acceptors (Lipinski definition) is 4. The SMILES string of the molecule is Cn1cc(Nc2cc(Br)ncn2)cn1. The highest BCUT2D eigenvalue weighted by molar-refractivity contribution is 9.10. The minimum Gasteiger partial charge on any atom is -0.338 e. The summed E-state index contributed by atoms with van der Waals surface area (Å²) in [4.78, 5) is 7.99. The van der Waals surface area contributed by atoms with Crippen molar-refractivity contribution in [3.05, 3.63) is 29.4 Å². The monoisotopic (exact) mass is 253 g/mol. The number of halogens is 1. The molecule has 0 saturated heterocycles. The predicted octanol–water partition coefficient (Wildman–Crippen LogP) is 1.72. The molecule has 0 aromatic carbocycles. The second-order valence-corrected chi connectivity index (χ2v) is 3.57. The maximum Gasteiger partial charge on any atom is 0.134 e. The van der Waals surface area contributed by atoms with Crippen molar-refractivity contribution >= 4 is 27.4 Å². The molecule has 0 spiro atoms. The number of nitrogens with zero attached hydrogens (tertiary/aromatic N) is 4. The molecule has 14 heavy (non-hydrogen) atoms. The van der Waals surface area contributed by atoms with E-state index >= 15 is 0 Å². The van der Waals surface area contributed by atoms with E-state index in [1.165, 1.54) is 6.33 Å². The summed E-state index contributed by atoms with van der Waals surface area (Å²) in [6.07, 6.45) is 5.09. The van der Waals surface area contributed by atoms with Gasteiger partial charge in [-0.15, -0.1) is 0 Å². The van der Waals surface area contributed by atoms with E-state index in [4.69, 9.17) is 0 Å². The van der Waals surface area contributed by atoms with Gasteiger partial charge in [-0.25, -0.2) is 9.97 Å². The Labute approximate surface area is 89.3 Å². The highest BCUT2D eigenvalue weighted by Crippen LogP contribution is 2.15. The van der Waals surface area contributed by atoms with Gasteiger partial charge in [0.15, 0.2) is 0 Å². The van der Waals surface area contributed by atoms with Gasteiger partial charge in [-0.05, 0) is 15.9 Å². The molecule has 5 nitrogen and oxygen atoms in total. The molecule has 1 N–H and O–H groups in total. The lowest BCUT2D eigenvalue weighted by molar-refractivity contribution is 0.768. The molecule has 2 aromatic heterocycles. The molecule has 0 amide bonds. The first-order chi connectivity index (χ1) is 6.74. The van der Waals surface area contributed by atoms with Crippen molar-refractivity contribution < 1.29 is 0 Å². The molecule has 2 heterocycles. The molecule has 0 aliphatic heterocycles. The molecule has 0 unspecified atom stereocenters. The molecule has 6 heteroatoms. The van der Waals surface area contributed by atoms with Crippen molar-refractivity contribution in [3.8, 4) is 0 Å². The van der Waals surface area contributed by atoms with Crippen molar-refractivity contribution in [2.24, 2.45) is 7.05 Å². The maximum absolute atomic E-state index is 4.05. The van der Waals surface area contributed by atoms with Gasteiger partial charge in [0.1, 0.15) is 16.7 Å². The highest BCUT2D eigenvalue weighted by Gasteiger charge is 1.98. The van der Waals surface area contributed by atoms with E-state index in [1.807, 2.05) is 13.2 Å². The Morgan fingerprint density at radius 3 is 2.93 bits per heavy atom. The van der Waals surface area contributed by atoms with Crippen LogP contribution >= 0.6 is 15.9 Å². The van der Waals surface area contributed by atoms with E-state index < -0.39 is 0 Å². The van der Waals surface area contributed by atoms with Crippen LogP contribution in [0.25, 0.3) is 0 Å². The molecule has 2 aromatic rings. The fourth-order valence-corrected chi connectivity index (χ4v) is 1.34. The van der Waals surface area contributed by atoms with Crippen LogP contribution < -0.4 is 5.32 Å². The van der Waals surface area contributed by atoms with Gasteiger partial charge in [0, 0.05) is 19.3 Å². The Bertz CT molecular complexity index is 439. The summed E-state index contributed by atoms with van der Waals surface area (Å²) in [5.41, 5.74) is 0.901. The highest BCUT2D eigenvalue weighted by atomic mass is 79.9. The molecule has 0 aliphatic carbocycles. The largest absolute Gasteiger partial charge is 0.338 e. The summed E-state index contributed by atoms with van der Waals surface area (Å²) in [6, 6.07) is 1.80. The molecule has 72 valence electrons. The quantitative estimate of drug-likeness (QED) is 0.829. The first-order valence-corrected chi connectivity index (χ1v) is 4.76. The Balaban J connectivity index is 2.18. The molecular weight excluding hydrogens is 246 g/mol. The Hall–Kier alpha value is -1.43. The molecule has 0 atom stereocenters. The topological polar surface area (TPSA) is 55.6 Å². The van der Waals surface area contributed by atoms with Crippen LogP contribution in [-0.2, 0) is 7.05 Å². The molecule has 0 saturated carbocycles. The van der Waals surface area contributed by atoms with Gasteiger partial charge >= 0.3 is 0 Å². The summed E-state index contributed by atoms with van der Waals surface area (Å²) in [5, 5.41) is 7.14. The third-order valence-corrected chi connectivity index (χ3v) is 2.04. The van der Waals surface area contributed by atoms with Gasteiger partial charge in [0.05, 0.1) is 11.9 Å². The van der Waals surface area contributed by atoms with E-state index in [9.17, 15) is 0 Å². The summed E-state index contributed by atoms with van der Waals surface area (Å²) in [6.45, 7) is 0. The van der Waals surface area contributed by atoms with Crippen molar-refractivity contribution in [1.29, 1.82) is 0 Å². The molecular formula is C8H8BrN5. The first kappa shape index (κ1) is 9.14. The van der Waals surface area contributed by atoms with E-state index in [-0.39, 0.29) is 0 Å². The standard InChI is InChI=1S/C8H8BrN5/c1-14-4-6(3-12-14)13-8-2-7(9)10-5-11-8/h2-5H,1H3,(H,10,11,13). The Morgan fingerprint density at radius 2 is 2.29 bits per heavy atom. The van der Waals surface area contributed by atoms with Gasteiger partial charge in [0.2, 0.25) is 0 Å². The normalized spacial score (nSPS) is 10.1. The fourth-order valence-electron chi connectivity index (χ4n) is 1.04. The van der Waals surface area contributed by atoms with Crippen LogP contribution in [0, 0.1) is 0 Å². The van der Waals surface area contributed by atoms with Crippen LogP contribution in [0.4, 0.5) is 11.5 Å². The lowest BCUT2D eigenvalue weighted by atomic mass is 10.5. The summed E-state index contributed by atoms with van der Waals surface area (Å²) in [5.74, 6) is 0.736. The smallest absolute Gasteiger partial charge is 0.134 e. The van der Waals surface area contributed by atoms with E-state index in [0.717, 1.165) is 16.1 Å². The van der Waals surface area contributed by atoms with Gasteiger partial charge in [-0.1, -0.05) is 0 Å². The number of hydrogen-bond donors (Lipinski definition) is 1. The second-order valence-electron chi connectivity index (χ2n) is 2.75. The van der Waals surface area contributed by atoms with Crippen molar-refractivity contribution in [2.45, 2.75) is 0 Å². The second kappa shape index (κ2) is 3.75. The molecule has 0 fully saturated rings. The Kier molecular flexibility index (Phi) is 2.45. The van der Waals surface area contributed by atoms with Crippen molar-refractivity contribution in [2.75, 3.05) is 5.32 Å². The number of aromatic nitrogens is 4. The Morgan fingerprint density at radius 1 is 1.43 bits per heavy atom. The zero-order valence-corrected chi connectivity index (χ0v) is 9.06. The minimum absolute atomic E-state index is 0.736. The maximum atomic E-state index is 4.05. The van der Waals surface area contributed by atoms with Crippen molar-refractivity contribution in [3.63, 3.8) is 0 Å². The number of anilines is 2. The van der Waals surface area contributed by atoms with Gasteiger partial charge in [-0.3, -0.25) is 4.68 Å². The van der Waals surface area contributed by atoms with E-state index in [2.05, 4.69) is 36.3 Å². The zero-order valence-electron chi connectivity index (χ0n) is 7.48. The number of nitrogens with one attached hydrogen (secondary N) is 1. The molecule has 0 radical (unpaired) electrons. The van der Waals surface area contributed by atoms with Crippen LogP contribution in [-0.4, -0.2) is 19.7 Å². The summed E-state index contributed by atoms with van der Waals surface area (Å²) >= 11 is 3.27. The van der Waals surface area contributed by atoms with E-state index in [0.29, 0.717) is 0 Å². The van der Waals surface area contributed by atoms with Crippen LogP contribution in [0.1, 0.15) is 0 Å². The van der Waals surface area contributed by atoms with Crippen LogP contribution in [0.3, 0.4) is 0 Å². The first-order valence-electron chi connectivity index (χ1n) is 3.97. The minimum atomic E-state index is 0.736. The lowest BCUT2D eigenvalue weighted by Crippen LogP contribution is -1.92. The predicted molar refractivity (Wildman–Crippen MR) is 56.2 cm³/mol. The number of rotatable bonds is 2. The van der Waals surface area contributed by atoms with Gasteiger partial charge in [0.25, 0.3) is 0 Å². The van der Waals surface area contributed by atoms with Gasteiger partial charge < -0.3 is 5.32 Å². The average Bonchev–Trinajstić information content (AvgIpc) is 2.51. The summed E-state index contributed by atoms with van der Waals surface area (Å²) < 4.78 is 2.47. The molecule has 2 rings (SSSR count).